The fourth-order valence-electron chi connectivity index (χ4n) is 2.38. The molecule has 1 aliphatic carbocycles. The van der Waals surface area contributed by atoms with E-state index in [0.29, 0.717) is 19.3 Å². The molecule has 150 valence electrons. The maximum absolute atomic E-state index is 13.8. The molecule has 0 saturated heterocycles. The molecule has 0 radical (unpaired) electrons. The lowest BCUT2D eigenvalue weighted by molar-refractivity contribution is -0.182. The van der Waals surface area contributed by atoms with Crippen LogP contribution < -0.4 is 0 Å². The zero-order valence-electron chi connectivity index (χ0n) is 15.6. The van der Waals surface area contributed by atoms with Crippen LogP contribution in [0, 0.1) is 5.41 Å². The summed E-state index contributed by atoms with van der Waals surface area (Å²) in [5.74, 6) is -7.42. The molecule has 0 aromatic rings. The molecule has 0 heterocycles. The van der Waals surface area contributed by atoms with Crippen molar-refractivity contribution in [2.24, 2.45) is 5.41 Å². The van der Waals surface area contributed by atoms with Crippen molar-refractivity contribution in [3.63, 3.8) is 0 Å². The molecule has 0 aromatic carbocycles. The Hall–Kier alpha value is -1.73. The summed E-state index contributed by atoms with van der Waals surface area (Å²) in [6.45, 7) is 4.36. The Morgan fingerprint density at radius 3 is 2.04 bits per heavy atom. The number of halogens is 2. The van der Waals surface area contributed by atoms with E-state index in [0.717, 1.165) is 19.3 Å². The van der Waals surface area contributed by atoms with Gasteiger partial charge in [0.2, 0.25) is 0 Å². The summed E-state index contributed by atoms with van der Waals surface area (Å²) in [6, 6.07) is 0. The fraction of sp³-hybridized carbons (Fsp3) is 0.833. The van der Waals surface area contributed by atoms with Crippen molar-refractivity contribution in [1.82, 2.24) is 0 Å². The van der Waals surface area contributed by atoms with Gasteiger partial charge >= 0.3 is 23.8 Å². The van der Waals surface area contributed by atoms with Crippen LogP contribution in [-0.4, -0.2) is 43.1 Å². The molecule has 26 heavy (non-hydrogen) atoms. The first-order chi connectivity index (χ1) is 12.1. The van der Waals surface area contributed by atoms with Crippen molar-refractivity contribution >= 4 is 17.9 Å². The monoisotopic (exact) mass is 378 g/mol. The smallest absolute Gasteiger partial charge is 0.377 e. The van der Waals surface area contributed by atoms with Gasteiger partial charge in [-0.05, 0) is 46.0 Å². The lowest BCUT2D eigenvalue weighted by Crippen LogP contribution is -2.36. The summed E-state index contributed by atoms with van der Waals surface area (Å²) >= 11 is 0. The lowest BCUT2D eigenvalue weighted by atomic mass is 9.91. The number of ether oxygens (including phenoxy) is 3. The van der Waals surface area contributed by atoms with Gasteiger partial charge in [-0.15, -0.1) is 0 Å². The second-order valence-corrected chi connectivity index (χ2v) is 7.14. The Bertz CT molecular complexity index is 498. The minimum atomic E-state index is -3.97. The van der Waals surface area contributed by atoms with E-state index in [1.54, 1.807) is 13.8 Å². The van der Waals surface area contributed by atoms with E-state index in [4.69, 9.17) is 9.47 Å². The third-order valence-corrected chi connectivity index (χ3v) is 4.50. The van der Waals surface area contributed by atoms with Crippen molar-refractivity contribution in [2.45, 2.75) is 77.7 Å². The highest BCUT2D eigenvalue weighted by Gasteiger charge is 2.44. The van der Waals surface area contributed by atoms with Gasteiger partial charge < -0.3 is 14.2 Å². The first-order valence-corrected chi connectivity index (χ1v) is 9.00. The largest absolute Gasteiger partial charge is 0.462 e. The number of hydrogen-bond donors (Lipinski definition) is 0. The molecule has 0 atom stereocenters. The summed E-state index contributed by atoms with van der Waals surface area (Å²) in [6.07, 6.45) is 2.97. The standard InChI is InChI=1S/C18H28F2O6/c1-4-17(2,3)15(22)24-10-11-25-16(23)18(19,20)12-14(21)26-13-8-6-5-7-9-13/h13H,4-12H2,1-3H3. The summed E-state index contributed by atoms with van der Waals surface area (Å²) in [5, 5.41) is 0. The van der Waals surface area contributed by atoms with Crippen LogP contribution in [-0.2, 0) is 28.6 Å². The number of carbonyl (C=O) groups excluding carboxylic acids is 3. The molecule has 1 aliphatic rings. The van der Waals surface area contributed by atoms with E-state index < -0.39 is 42.3 Å². The van der Waals surface area contributed by atoms with Gasteiger partial charge in [-0.25, -0.2) is 4.79 Å². The van der Waals surface area contributed by atoms with E-state index in [2.05, 4.69) is 4.74 Å². The normalized spacial score (nSPS) is 16.0. The number of esters is 3. The minimum absolute atomic E-state index is 0.323. The van der Waals surface area contributed by atoms with Crippen LogP contribution in [0.4, 0.5) is 8.78 Å². The Morgan fingerprint density at radius 2 is 1.50 bits per heavy atom. The van der Waals surface area contributed by atoms with Gasteiger partial charge in [0.05, 0.1) is 5.41 Å². The second-order valence-electron chi connectivity index (χ2n) is 7.14. The van der Waals surface area contributed by atoms with Crippen LogP contribution in [0.5, 0.6) is 0 Å². The SMILES string of the molecule is CCC(C)(C)C(=O)OCCOC(=O)C(F)(F)CC(=O)OC1CCCCC1. The highest BCUT2D eigenvalue weighted by molar-refractivity contribution is 5.84. The van der Waals surface area contributed by atoms with Crippen LogP contribution in [0.25, 0.3) is 0 Å². The zero-order valence-corrected chi connectivity index (χ0v) is 15.6. The minimum Gasteiger partial charge on any atom is -0.462 e. The molecule has 1 rings (SSSR count). The van der Waals surface area contributed by atoms with Crippen molar-refractivity contribution in [3.05, 3.63) is 0 Å². The quantitative estimate of drug-likeness (QED) is 0.348. The average Bonchev–Trinajstić information content (AvgIpc) is 2.58. The van der Waals surface area contributed by atoms with E-state index in [1.807, 2.05) is 6.92 Å². The molecule has 0 N–H and O–H groups in total. The van der Waals surface area contributed by atoms with E-state index >= 15 is 0 Å². The summed E-state index contributed by atoms with van der Waals surface area (Å²) in [7, 11) is 0. The second kappa shape index (κ2) is 9.83. The Kier molecular flexibility index (Phi) is 8.43. The zero-order chi connectivity index (χ0) is 19.8. The molecule has 0 aliphatic heterocycles. The number of rotatable bonds is 9. The van der Waals surface area contributed by atoms with Crippen molar-refractivity contribution in [1.29, 1.82) is 0 Å². The Morgan fingerprint density at radius 1 is 0.962 bits per heavy atom. The van der Waals surface area contributed by atoms with E-state index in [9.17, 15) is 23.2 Å². The maximum Gasteiger partial charge on any atom is 0.377 e. The fourth-order valence-corrected chi connectivity index (χ4v) is 2.38. The molecule has 1 saturated carbocycles. The highest BCUT2D eigenvalue weighted by Crippen LogP contribution is 2.25. The summed E-state index contributed by atoms with van der Waals surface area (Å²) < 4.78 is 41.8. The van der Waals surface area contributed by atoms with Crippen LogP contribution in [0.2, 0.25) is 0 Å². The van der Waals surface area contributed by atoms with Crippen LogP contribution in [0.3, 0.4) is 0 Å². The molecule has 0 amide bonds. The van der Waals surface area contributed by atoms with Crippen LogP contribution >= 0.6 is 0 Å². The predicted molar refractivity (Wildman–Crippen MR) is 88.5 cm³/mol. The Balaban J connectivity index is 2.33. The van der Waals surface area contributed by atoms with Gasteiger partial charge in [-0.3, -0.25) is 9.59 Å². The van der Waals surface area contributed by atoms with Gasteiger partial charge in [0, 0.05) is 0 Å². The van der Waals surface area contributed by atoms with Crippen LogP contribution in [0.15, 0.2) is 0 Å². The molecule has 6 nitrogen and oxygen atoms in total. The number of hydrogen-bond acceptors (Lipinski definition) is 6. The van der Waals surface area contributed by atoms with E-state index in [1.165, 1.54) is 0 Å². The lowest BCUT2D eigenvalue weighted by Gasteiger charge is -2.23. The molecule has 0 spiro atoms. The van der Waals surface area contributed by atoms with Crippen LogP contribution in [0.1, 0.15) is 65.7 Å². The first kappa shape index (κ1) is 22.3. The van der Waals surface area contributed by atoms with Gasteiger partial charge in [-0.2, -0.15) is 8.78 Å². The predicted octanol–water partition coefficient (Wildman–Crippen LogP) is 3.41. The van der Waals surface area contributed by atoms with Crippen molar-refractivity contribution in [3.8, 4) is 0 Å². The third-order valence-electron chi connectivity index (χ3n) is 4.50. The molecule has 8 heteroatoms. The first-order valence-electron chi connectivity index (χ1n) is 9.00. The summed E-state index contributed by atoms with van der Waals surface area (Å²) in [5.41, 5.74) is -0.698. The molecule has 0 aromatic heterocycles. The third kappa shape index (κ3) is 7.25. The molecular weight excluding hydrogens is 350 g/mol. The Labute approximate surface area is 152 Å². The molecule has 0 unspecified atom stereocenters. The topological polar surface area (TPSA) is 78.9 Å². The number of carbonyl (C=O) groups is 3. The van der Waals surface area contributed by atoms with E-state index in [-0.39, 0.29) is 12.7 Å². The summed E-state index contributed by atoms with van der Waals surface area (Å²) in [4.78, 5) is 34.8. The molecular formula is C18H28F2O6. The number of alkyl halides is 2. The van der Waals surface area contributed by atoms with Gasteiger partial charge in [0.15, 0.2) is 0 Å². The van der Waals surface area contributed by atoms with Gasteiger partial charge in [0.1, 0.15) is 25.7 Å². The average molecular weight is 378 g/mol. The van der Waals surface area contributed by atoms with Gasteiger partial charge in [-0.1, -0.05) is 13.3 Å². The van der Waals surface area contributed by atoms with Gasteiger partial charge in [0.25, 0.3) is 0 Å². The van der Waals surface area contributed by atoms with Crippen molar-refractivity contribution < 1.29 is 37.4 Å². The molecule has 1 fully saturated rings. The molecule has 0 bridgehead atoms. The van der Waals surface area contributed by atoms with Crippen molar-refractivity contribution in [2.75, 3.05) is 13.2 Å². The maximum atomic E-state index is 13.8. The highest BCUT2D eigenvalue weighted by atomic mass is 19.3.